The predicted octanol–water partition coefficient (Wildman–Crippen LogP) is 2.32. The Bertz CT molecular complexity index is 397. The molecule has 1 rings (SSSR count). The summed E-state index contributed by atoms with van der Waals surface area (Å²) in [4.78, 5) is 15.5. The fourth-order valence-corrected chi connectivity index (χ4v) is 1.04. The number of nitrogens with two attached hydrogens (primary N) is 1. The number of ether oxygens (including phenoxy) is 1. The summed E-state index contributed by atoms with van der Waals surface area (Å²) in [6.45, 7) is 7.20. The van der Waals surface area contributed by atoms with E-state index in [1.165, 1.54) is 6.20 Å². The van der Waals surface area contributed by atoms with Crippen LogP contribution in [0.2, 0.25) is 0 Å². The van der Waals surface area contributed by atoms with Crippen molar-refractivity contribution in [2.45, 2.75) is 33.3 Å². The van der Waals surface area contributed by atoms with E-state index >= 15 is 0 Å². The Kier molecular flexibility index (Phi) is 3.37. The molecule has 0 aliphatic rings. The van der Waals surface area contributed by atoms with Crippen molar-refractivity contribution in [3.63, 3.8) is 0 Å². The fraction of sp³-hybridized carbons (Fsp3) is 0.455. The molecule has 1 aromatic rings. The van der Waals surface area contributed by atoms with E-state index in [0.29, 0.717) is 11.4 Å². The quantitative estimate of drug-likeness (QED) is 0.766. The molecule has 5 nitrogen and oxygen atoms in total. The zero-order valence-corrected chi connectivity index (χ0v) is 10.00. The summed E-state index contributed by atoms with van der Waals surface area (Å²) in [7, 11) is 0. The Morgan fingerprint density at radius 3 is 2.62 bits per heavy atom. The molecular formula is C11H17N3O2. The van der Waals surface area contributed by atoms with Crippen LogP contribution in [0, 0.1) is 6.92 Å². The number of anilines is 2. The Morgan fingerprint density at radius 2 is 2.12 bits per heavy atom. The lowest BCUT2D eigenvalue weighted by molar-refractivity contribution is 0.0636. The molecule has 0 aromatic carbocycles. The number of nitrogens with one attached hydrogen (secondary N) is 1. The van der Waals surface area contributed by atoms with Crippen LogP contribution in [-0.2, 0) is 4.74 Å². The standard InChI is InChI=1S/C11H17N3O2/c1-7-9(12)5-8(6-13-7)14-10(15)16-11(2,3)4/h5-6H,12H2,1-4H3,(H,14,15). The molecule has 0 saturated carbocycles. The number of aromatic nitrogens is 1. The molecule has 0 aliphatic carbocycles. The van der Waals surface area contributed by atoms with Crippen LogP contribution in [0.1, 0.15) is 26.5 Å². The second kappa shape index (κ2) is 4.38. The molecule has 1 heterocycles. The van der Waals surface area contributed by atoms with E-state index in [9.17, 15) is 4.79 Å². The van der Waals surface area contributed by atoms with Crippen LogP contribution in [0.5, 0.6) is 0 Å². The predicted molar refractivity (Wildman–Crippen MR) is 63.2 cm³/mol. The first-order chi connectivity index (χ1) is 7.28. The van der Waals surface area contributed by atoms with Gasteiger partial charge in [-0.25, -0.2) is 4.79 Å². The number of aryl methyl sites for hydroxylation is 1. The highest BCUT2D eigenvalue weighted by atomic mass is 16.6. The van der Waals surface area contributed by atoms with Crippen molar-refractivity contribution in [3.05, 3.63) is 18.0 Å². The van der Waals surface area contributed by atoms with Gasteiger partial charge in [0.15, 0.2) is 0 Å². The lowest BCUT2D eigenvalue weighted by Gasteiger charge is -2.19. The maximum atomic E-state index is 11.4. The Morgan fingerprint density at radius 1 is 1.50 bits per heavy atom. The van der Waals surface area contributed by atoms with E-state index in [1.807, 2.05) is 0 Å². The highest BCUT2D eigenvalue weighted by Gasteiger charge is 2.16. The molecule has 5 heteroatoms. The number of carbonyl (C=O) groups excluding carboxylic acids is 1. The minimum absolute atomic E-state index is 0.516. The molecule has 0 bridgehead atoms. The molecule has 0 atom stereocenters. The highest BCUT2D eigenvalue weighted by molar-refractivity contribution is 5.85. The van der Waals surface area contributed by atoms with Gasteiger partial charge in [-0.15, -0.1) is 0 Å². The minimum Gasteiger partial charge on any atom is -0.444 e. The van der Waals surface area contributed by atoms with E-state index in [4.69, 9.17) is 10.5 Å². The first-order valence-corrected chi connectivity index (χ1v) is 5.00. The van der Waals surface area contributed by atoms with Gasteiger partial charge < -0.3 is 10.5 Å². The van der Waals surface area contributed by atoms with Crippen molar-refractivity contribution in [3.8, 4) is 0 Å². The Hall–Kier alpha value is -1.78. The lowest BCUT2D eigenvalue weighted by atomic mass is 10.2. The molecule has 0 saturated heterocycles. The third-order valence-corrected chi connectivity index (χ3v) is 1.77. The van der Waals surface area contributed by atoms with E-state index in [-0.39, 0.29) is 0 Å². The Balaban J connectivity index is 2.67. The molecular weight excluding hydrogens is 206 g/mol. The summed E-state index contributed by atoms with van der Waals surface area (Å²) in [6.07, 6.45) is 1.02. The second-order valence-corrected chi connectivity index (χ2v) is 4.53. The van der Waals surface area contributed by atoms with E-state index in [1.54, 1.807) is 33.8 Å². The topological polar surface area (TPSA) is 77.2 Å². The van der Waals surface area contributed by atoms with Crippen molar-refractivity contribution < 1.29 is 9.53 Å². The molecule has 88 valence electrons. The summed E-state index contributed by atoms with van der Waals surface area (Å²) in [6, 6.07) is 1.65. The van der Waals surface area contributed by atoms with Gasteiger partial charge in [0.25, 0.3) is 0 Å². The van der Waals surface area contributed by atoms with Crippen LogP contribution < -0.4 is 11.1 Å². The second-order valence-electron chi connectivity index (χ2n) is 4.53. The van der Waals surface area contributed by atoms with E-state index in [2.05, 4.69) is 10.3 Å². The van der Waals surface area contributed by atoms with Gasteiger partial charge >= 0.3 is 6.09 Å². The van der Waals surface area contributed by atoms with Gasteiger partial charge in [-0.1, -0.05) is 0 Å². The number of pyridine rings is 1. The van der Waals surface area contributed by atoms with Gasteiger partial charge in [-0.3, -0.25) is 10.3 Å². The summed E-state index contributed by atoms with van der Waals surface area (Å²) in [5.74, 6) is 0. The summed E-state index contributed by atoms with van der Waals surface area (Å²) in [5, 5.41) is 2.56. The lowest BCUT2D eigenvalue weighted by Crippen LogP contribution is -2.27. The number of hydrogen-bond acceptors (Lipinski definition) is 4. The zero-order chi connectivity index (χ0) is 12.3. The molecule has 0 fully saturated rings. The van der Waals surface area contributed by atoms with Crippen LogP contribution >= 0.6 is 0 Å². The third kappa shape index (κ3) is 3.76. The maximum Gasteiger partial charge on any atom is 0.412 e. The van der Waals surface area contributed by atoms with Crippen molar-refractivity contribution in [2.24, 2.45) is 0 Å². The highest BCUT2D eigenvalue weighted by Crippen LogP contribution is 2.15. The molecule has 1 amide bonds. The van der Waals surface area contributed by atoms with Gasteiger partial charge in [-0.2, -0.15) is 0 Å². The van der Waals surface area contributed by atoms with Crippen molar-refractivity contribution >= 4 is 17.5 Å². The molecule has 3 N–H and O–H groups in total. The molecule has 0 radical (unpaired) electrons. The monoisotopic (exact) mass is 223 g/mol. The van der Waals surface area contributed by atoms with Crippen molar-refractivity contribution in [1.82, 2.24) is 4.98 Å². The minimum atomic E-state index is -0.520. The van der Waals surface area contributed by atoms with Gasteiger partial charge in [0, 0.05) is 0 Å². The third-order valence-electron chi connectivity index (χ3n) is 1.77. The summed E-state index contributed by atoms with van der Waals surface area (Å²) >= 11 is 0. The normalized spacial score (nSPS) is 11.0. The Labute approximate surface area is 95.0 Å². The number of hydrogen-bond donors (Lipinski definition) is 2. The number of nitrogen functional groups attached to an aromatic ring is 1. The molecule has 1 aromatic heterocycles. The molecule has 0 spiro atoms. The first-order valence-electron chi connectivity index (χ1n) is 5.00. The molecule has 0 unspecified atom stereocenters. The summed E-state index contributed by atoms with van der Waals surface area (Å²) in [5.41, 5.74) is 6.94. The van der Waals surface area contributed by atoms with Gasteiger partial charge in [0.05, 0.1) is 23.3 Å². The van der Waals surface area contributed by atoms with E-state index < -0.39 is 11.7 Å². The zero-order valence-electron chi connectivity index (χ0n) is 10.00. The summed E-state index contributed by atoms with van der Waals surface area (Å²) < 4.78 is 5.09. The smallest absolute Gasteiger partial charge is 0.412 e. The van der Waals surface area contributed by atoms with Gasteiger partial charge in [0.1, 0.15) is 5.60 Å². The fourth-order valence-electron chi connectivity index (χ4n) is 1.04. The van der Waals surface area contributed by atoms with Crippen LogP contribution in [0.15, 0.2) is 12.3 Å². The number of rotatable bonds is 1. The number of carbonyl (C=O) groups is 1. The number of amides is 1. The number of nitrogens with zero attached hydrogens (tertiary/aromatic N) is 1. The maximum absolute atomic E-state index is 11.4. The van der Waals surface area contributed by atoms with Crippen LogP contribution in [-0.4, -0.2) is 16.7 Å². The SMILES string of the molecule is Cc1ncc(NC(=O)OC(C)(C)C)cc1N. The van der Waals surface area contributed by atoms with E-state index in [0.717, 1.165) is 5.69 Å². The van der Waals surface area contributed by atoms with Crippen molar-refractivity contribution in [2.75, 3.05) is 11.1 Å². The van der Waals surface area contributed by atoms with Crippen molar-refractivity contribution in [1.29, 1.82) is 0 Å². The molecule has 16 heavy (non-hydrogen) atoms. The van der Waals surface area contributed by atoms with Crippen LogP contribution in [0.25, 0.3) is 0 Å². The molecule has 0 aliphatic heterocycles. The van der Waals surface area contributed by atoms with Crippen LogP contribution in [0.4, 0.5) is 16.2 Å². The van der Waals surface area contributed by atoms with Gasteiger partial charge in [0.2, 0.25) is 0 Å². The average Bonchev–Trinajstić information content (AvgIpc) is 2.08. The largest absolute Gasteiger partial charge is 0.444 e. The van der Waals surface area contributed by atoms with Gasteiger partial charge in [-0.05, 0) is 33.8 Å². The van der Waals surface area contributed by atoms with Crippen LogP contribution in [0.3, 0.4) is 0 Å². The first kappa shape index (κ1) is 12.3. The average molecular weight is 223 g/mol.